The monoisotopic (exact) mass is 244 g/mol. The zero-order valence-corrected chi connectivity index (χ0v) is 10.6. The van der Waals surface area contributed by atoms with Crippen molar-refractivity contribution in [2.24, 2.45) is 7.05 Å². The molecular formula is C14H16N2O2. The molecule has 0 spiro atoms. The third-order valence-corrected chi connectivity index (χ3v) is 2.61. The van der Waals surface area contributed by atoms with Gasteiger partial charge >= 0.3 is 0 Å². The maximum Gasteiger partial charge on any atom is 0.171 e. The zero-order chi connectivity index (χ0) is 13.0. The number of benzene rings is 1. The van der Waals surface area contributed by atoms with Crippen molar-refractivity contribution in [2.45, 2.75) is 13.3 Å². The van der Waals surface area contributed by atoms with E-state index in [2.05, 4.69) is 5.10 Å². The number of ketones is 1. The van der Waals surface area contributed by atoms with Crippen molar-refractivity contribution in [1.82, 2.24) is 9.78 Å². The van der Waals surface area contributed by atoms with Crippen molar-refractivity contribution < 1.29 is 9.53 Å². The molecule has 0 aliphatic carbocycles. The smallest absolute Gasteiger partial charge is 0.171 e. The van der Waals surface area contributed by atoms with E-state index in [4.69, 9.17) is 4.74 Å². The van der Waals surface area contributed by atoms with Gasteiger partial charge in [-0.25, -0.2) is 0 Å². The summed E-state index contributed by atoms with van der Waals surface area (Å²) in [5.41, 5.74) is 1.54. The maximum atomic E-state index is 12.2. The van der Waals surface area contributed by atoms with E-state index in [-0.39, 0.29) is 5.78 Å². The van der Waals surface area contributed by atoms with Crippen LogP contribution >= 0.6 is 0 Å². The van der Waals surface area contributed by atoms with E-state index in [1.54, 1.807) is 16.9 Å². The maximum absolute atomic E-state index is 12.2. The van der Waals surface area contributed by atoms with Crippen LogP contribution in [-0.4, -0.2) is 22.2 Å². The van der Waals surface area contributed by atoms with Crippen molar-refractivity contribution >= 4 is 5.78 Å². The lowest BCUT2D eigenvalue weighted by molar-refractivity contribution is 0.0989. The highest BCUT2D eigenvalue weighted by Crippen LogP contribution is 2.20. The summed E-state index contributed by atoms with van der Waals surface area (Å²) in [4.78, 5) is 12.2. The van der Waals surface area contributed by atoms with Crippen LogP contribution in [0.5, 0.6) is 5.75 Å². The lowest BCUT2D eigenvalue weighted by Gasteiger charge is -2.08. The Labute approximate surface area is 106 Å². The van der Waals surface area contributed by atoms with Crippen molar-refractivity contribution in [3.05, 3.63) is 47.8 Å². The molecule has 0 fully saturated rings. The van der Waals surface area contributed by atoms with E-state index in [1.165, 1.54) is 0 Å². The fraction of sp³-hybridized carbons (Fsp3) is 0.286. The van der Waals surface area contributed by atoms with Gasteiger partial charge < -0.3 is 4.74 Å². The van der Waals surface area contributed by atoms with Gasteiger partial charge in [-0.1, -0.05) is 12.1 Å². The number of carbonyl (C=O) groups excluding carboxylic acids is 1. The fourth-order valence-electron chi connectivity index (χ4n) is 1.82. The van der Waals surface area contributed by atoms with Crippen molar-refractivity contribution in [3.63, 3.8) is 0 Å². The molecule has 0 saturated heterocycles. The van der Waals surface area contributed by atoms with Gasteiger partial charge in [-0.3, -0.25) is 9.48 Å². The molecule has 0 aliphatic heterocycles. The Morgan fingerprint density at radius 3 is 2.83 bits per heavy atom. The molecule has 1 heterocycles. The number of nitrogens with zero attached hydrogens (tertiary/aromatic N) is 2. The van der Waals surface area contributed by atoms with Crippen LogP contribution in [-0.2, 0) is 13.5 Å². The van der Waals surface area contributed by atoms with Gasteiger partial charge in [0.1, 0.15) is 5.75 Å². The van der Waals surface area contributed by atoms with Crippen molar-refractivity contribution in [2.75, 3.05) is 6.61 Å². The van der Waals surface area contributed by atoms with Crippen LogP contribution in [0.2, 0.25) is 0 Å². The Bertz CT molecular complexity index is 546. The molecule has 0 N–H and O–H groups in total. The molecule has 2 rings (SSSR count). The number of rotatable bonds is 5. The molecule has 4 heteroatoms. The van der Waals surface area contributed by atoms with E-state index >= 15 is 0 Å². The number of Topliss-reactive ketones (excluding diaryl/α,β-unsaturated/α-hetero) is 1. The van der Waals surface area contributed by atoms with Crippen LogP contribution in [0.3, 0.4) is 0 Å². The van der Waals surface area contributed by atoms with Crippen LogP contribution in [0.15, 0.2) is 36.7 Å². The highest BCUT2D eigenvalue weighted by Gasteiger charge is 2.13. The summed E-state index contributed by atoms with van der Waals surface area (Å²) in [6.07, 6.45) is 3.90. The number of hydrogen-bond donors (Lipinski definition) is 0. The Kier molecular flexibility index (Phi) is 3.77. The van der Waals surface area contributed by atoms with Crippen molar-refractivity contribution in [1.29, 1.82) is 0 Å². The Balaban J connectivity index is 2.18. The van der Waals surface area contributed by atoms with Gasteiger partial charge in [-0.2, -0.15) is 5.10 Å². The molecule has 0 bridgehead atoms. The lowest BCUT2D eigenvalue weighted by atomic mass is 10.0. The number of aryl methyl sites for hydroxylation is 1. The molecule has 0 amide bonds. The predicted molar refractivity (Wildman–Crippen MR) is 68.9 cm³/mol. The summed E-state index contributed by atoms with van der Waals surface area (Å²) in [6, 6.07) is 7.33. The van der Waals surface area contributed by atoms with Gasteiger partial charge in [0.2, 0.25) is 0 Å². The standard InChI is InChI=1S/C14H16N2O2/c1-3-18-14-7-5-4-6-12(14)13(17)8-11-9-15-16(2)10-11/h4-7,9-10H,3,8H2,1-2H3. The Hall–Kier alpha value is -2.10. The average molecular weight is 244 g/mol. The Morgan fingerprint density at radius 2 is 2.17 bits per heavy atom. The van der Waals surface area contributed by atoms with Gasteiger partial charge in [-0.15, -0.1) is 0 Å². The SMILES string of the molecule is CCOc1ccccc1C(=O)Cc1cnn(C)c1. The summed E-state index contributed by atoms with van der Waals surface area (Å²) in [6.45, 7) is 2.46. The summed E-state index contributed by atoms with van der Waals surface area (Å²) in [5.74, 6) is 0.695. The zero-order valence-electron chi connectivity index (χ0n) is 10.6. The average Bonchev–Trinajstić information content (AvgIpc) is 2.76. The number of para-hydroxylation sites is 1. The highest BCUT2D eigenvalue weighted by atomic mass is 16.5. The van der Waals surface area contributed by atoms with Gasteiger partial charge in [0.25, 0.3) is 0 Å². The van der Waals surface area contributed by atoms with E-state index in [1.807, 2.05) is 38.4 Å². The first kappa shape index (κ1) is 12.4. The lowest BCUT2D eigenvalue weighted by Crippen LogP contribution is -2.06. The fourth-order valence-corrected chi connectivity index (χ4v) is 1.82. The minimum atomic E-state index is 0.0482. The first-order valence-electron chi connectivity index (χ1n) is 5.93. The number of carbonyl (C=O) groups is 1. The van der Waals surface area contributed by atoms with E-state index < -0.39 is 0 Å². The minimum Gasteiger partial charge on any atom is -0.493 e. The summed E-state index contributed by atoms with van der Waals surface area (Å²) in [5, 5.41) is 4.06. The molecule has 1 aromatic heterocycles. The summed E-state index contributed by atoms with van der Waals surface area (Å²) >= 11 is 0. The predicted octanol–water partition coefficient (Wildman–Crippen LogP) is 2.24. The van der Waals surface area contributed by atoms with Crippen molar-refractivity contribution in [3.8, 4) is 5.75 Å². The van der Waals surface area contributed by atoms with Crippen LogP contribution in [0.1, 0.15) is 22.8 Å². The normalized spacial score (nSPS) is 10.3. The third-order valence-electron chi connectivity index (χ3n) is 2.61. The Morgan fingerprint density at radius 1 is 1.39 bits per heavy atom. The van der Waals surface area contributed by atoms with E-state index in [0.717, 1.165) is 5.56 Å². The molecule has 0 aliphatic rings. The first-order chi connectivity index (χ1) is 8.70. The summed E-state index contributed by atoms with van der Waals surface area (Å²) in [7, 11) is 1.84. The second-order valence-electron chi connectivity index (χ2n) is 4.05. The molecule has 18 heavy (non-hydrogen) atoms. The first-order valence-corrected chi connectivity index (χ1v) is 5.93. The molecule has 0 radical (unpaired) electrons. The molecule has 4 nitrogen and oxygen atoms in total. The van der Waals surface area contributed by atoms with Crippen LogP contribution < -0.4 is 4.74 Å². The summed E-state index contributed by atoms with van der Waals surface area (Å²) < 4.78 is 7.15. The van der Waals surface area contributed by atoms with E-state index in [9.17, 15) is 4.79 Å². The van der Waals surface area contributed by atoms with Gasteiger partial charge in [0.15, 0.2) is 5.78 Å². The highest BCUT2D eigenvalue weighted by molar-refractivity contribution is 5.99. The minimum absolute atomic E-state index is 0.0482. The second-order valence-corrected chi connectivity index (χ2v) is 4.05. The van der Waals surface area contributed by atoms with Gasteiger partial charge in [-0.05, 0) is 24.6 Å². The third kappa shape index (κ3) is 2.77. The molecule has 0 atom stereocenters. The molecule has 0 saturated carbocycles. The van der Waals surface area contributed by atoms with Gasteiger partial charge in [0.05, 0.1) is 18.4 Å². The van der Waals surface area contributed by atoms with E-state index in [0.29, 0.717) is 24.3 Å². The van der Waals surface area contributed by atoms with Crippen LogP contribution in [0.4, 0.5) is 0 Å². The number of hydrogen-bond acceptors (Lipinski definition) is 3. The van der Waals surface area contributed by atoms with Gasteiger partial charge in [0, 0.05) is 19.7 Å². The second kappa shape index (κ2) is 5.49. The molecule has 2 aromatic rings. The topological polar surface area (TPSA) is 44.1 Å². The molecule has 94 valence electrons. The van der Waals surface area contributed by atoms with Crippen LogP contribution in [0, 0.1) is 0 Å². The molecule has 0 unspecified atom stereocenters. The number of aromatic nitrogens is 2. The quantitative estimate of drug-likeness (QED) is 0.758. The number of ether oxygens (including phenoxy) is 1. The van der Waals surface area contributed by atoms with Crippen LogP contribution in [0.25, 0.3) is 0 Å². The molecule has 1 aromatic carbocycles. The molecular weight excluding hydrogens is 228 g/mol. The largest absolute Gasteiger partial charge is 0.493 e.